The number of hydrogen-bond acceptors (Lipinski definition) is 2. The van der Waals surface area contributed by atoms with Gasteiger partial charge in [-0.25, -0.2) is 0 Å². The van der Waals surface area contributed by atoms with Crippen LogP contribution in [0.3, 0.4) is 0 Å². The van der Waals surface area contributed by atoms with Gasteiger partial charge in [0, 0.05) is 12.1 Å². The van der Waals surface area contributed by atoms with Crippen molar-refractivity contribution in [2.45, 2.75) is 46.2 Å². The molecule has 0 amide bonds. The Bertz CT molecular complexity index is 194. The second-order valence-electron chi connectivity index (χ2n) is 3.94. The molecule has 0 aromatic heterocycles. The van der Waals surface area contributed by atoms with Gasteiger partial charge in [-0.15, -0.1) is 0 Å². The Hall–Kier alpha value is -0.600. The lowest BCUT2D eigenvalue weighted by molar-refractivity contribution is 0.234. The molecule has 14 heavy (non-hydrogen) atoms. The molecule has 0 radical (unpaired) electrons. The molecular formula is C12H23NO. The maximum atomic E-state index is 9.14. The molecule has 2 nitrogen and oxygen atoms in total. The molecule has 0 aliphatic heterocycles. The average molecular weight is 197 g/mol. The van der Waals surface area contributed by atoms with Crippen LogP contribution in [0.5, 0.6) is 0 Å². The molecule has 0 saturated carbocycles. The number of rotatable bonds is 6. The number of aliphatic hydroxyl groups excluding tert-OH is 1. The Morgan fingerprint density at radius 2 is 2.07 bits per heavy atom. The van der Waals surface area contributed by atoms with E-state index in [0.717, 1.165) is 6.42 Å². The van der Waals surface area contributed by atoms with E-state index in [2.05, 4.69) is 32.2 Å². The minimum absolute atomic E-state index is 0.177. The molecule has 0 aliphatic rings. The van der Waals surface area contributed by atoms with Crippen LogP contribution in [0.25, 0.3) is 0 Å². The standard InChI is InChI=1S/C12H23NO/c1-5-6-7-11(4)8-12(9-14)13-10(2)3/h5-7,10,12-14H,8-9H2,1-4H3/b6-5-,11-7+. The summed E-state index contributed by atoms with van der Waals surface area (Å²) in [6, 6.07) is 0.596. The lowest BCUT2D eigenvalue weighted by atomic mass is 10.1. The van der Waals surface area contributed by atoms with Gasteiger partial charge in [-0.3, -0.25) is 0 Å². The van der Waals surface area contributed by atoms with Gasteiger partial charge in [0.15, 0.2) is 0 Å². The highest BCUT2D eigenvalue weighted by Gasteiger charge is 2.08. The maximum Gasteiger partial charge on any atom is 0.0587 e. The molecule has 0 fully saturated rings. The van der Waals surface area contributed by atoms with E-state index in [9.17, 15) is 0 Å². The maximum absolute atomic E-state index is 9.14. The van der Waals surface area contributed by atoms with Crippen molar-refractivity contribution in [2.24, 2.45) is 0 Å². The number of allylic oxidation sites excluding steroid dienone is 3. The second-order valence-corrected chi connectivity index (χ2v) is 3.94. The van der Waals surface area contributed by atoms with Crippen LogP contribution < -0.4 is 5.32 Å². The van der Waals surface area contributed by atoms with E-state index >= 15 is 0 Å². The van der Waals surface area contributed by atoms with Crippen molar-refractivity contribution >= 4 is 0 Å². The molecule has 2 heteroatoms. The lowest BCUT2D eigenvalue weighted by Gasteiger charge is -2.19. The summed E-state index contributed by atoms with van der Waals surface area (Å²) in [5, 5.41) is 12.5. The van der Waals surface area contributed by atoms with Crippen molar-refractivity contribution in [3.8, 4) is 0 Å². The molecule has 0 heterocycles. The van der Waals surface area contributed by atoms with Gasteiger partial charge < -0.3 is 10.4 Å². The van der Waals surface area contributed by atoms with Crippen LogP contribution in [0.1, 0.15) is 34.1 Å². The number of nitrogens with one attached hydrogen (secondary N) is 1. The quantitative estimate of drug-likeness (QED) is 0.640. The van der Waals surface area contributed by atoms with Crippen LogP contribution in [-0.4, -0.2) is 23.8 Å². The van der Waals surface area contributed by atoms with E-state index in [1.165, 1.54) is 5.57 Å². The van der Waals surface area contributed by atoms with Crippen LogP contribution in [0.15, 0.2) is 23.8 Å². The first-order chi connectivity index (χ1) is 6.60. The summed E-state index contributed by atoms with van der Waals surface area (Å²) in [7, 11) is 0. The summed E-state index contributed by atoms with van der Waals surface area (Å²) in [4.78, 5) is 0. The zero-order valence-electron chi connectivity index (χ0n) is 9.75. The van der Waals surface area contributed by atoms with E-state index in [1.807, 2.05) is 19.1 Å². The van der Waals surface area contributed by atoms with Crippen molar-refractivity contribution in [3.63, 3.8) is 0 Å². The Morgan fingerprint density at radius 3 is 2.50 bits per heavy atom. The minimum Gasteiger partial charge on any atom is -0.395 e. The monoisotopic (exact) mass is 197 g/mol. The molecule has 0 rings (SSSR count). The molecule has 2 N–H and O–H groups in total. The number of aliphatic hydroxyl groups is 1. The van der Waals surface area contributed by atoms with Gasteiger partial charge in [-0.2, -0.15) is 0 Å². The van der Waals surface area contributed by atoms with Crippen LogP contribution in [-0.2, 0) is 0 Å². The zero-order chi connectivity index (χ0) is 11.0. The summed E-state index contributed by atoms with van der Waals surface area (Å²) in [6.45, 7) is 8.46. The van der Waals surface area contributed by atoms with Crippen LogP contribution in [0, 0.1) is 0 Å². The normalized spacial score (nSPS) is 15.4. The summed E-state index contributed by atoms with van der Waals surface area (Å²) >= 11 is 0. The van der Waals surface area contributed by atoms with E-state index < -0.39 is 0 Å². The molecule has 0 spiro atoms. The van der Waals surface area contributed by atoms with Gasteiger partial charge in [-0.1, -0.05) is 37.6 Å². The average Bonchev–Trinajstić information content (AvgIpc) is 2.12. The highest BCUT2D eigenvalue weighted by atomic mass is 16.3. The van der Waals surface area contributed by atoms with E-state index in [4.69, 9.17) is 5.11 Å². The third-order valence-corrected chi connectivity index (χ3v) is 1.93. The Labute approximate surface area is 87.7 Å². The van der Waals surface area contributed by atoms with Gasteiger partial charge >= 0.3 is 0 Å². The molecule has 0 aromatic rings. The van der Waals surface area contributed by atoms with Gasteiger partial charge in [-0.05, 0) is 20.3 Å². The van der Waals surface area contributed by atoms with Crippen molar-refractivity contribution in [3.05, 3.63) is 23.8 Å². The molecular weight excluding hydrogens is 174 g/mol. The molecule has 0 bridgehead atoms. The van der Waals surface area contributed by atoms with Gasteiger partial charge in [0.25, 0.3) is 0 Å². The van der Waals surface area contributed by atoms with Gasteiger partial charge in [0.05, 0.1) is 6.61 Å². The second kappa shape index (κ2) is 7.77. The van der Waals surface area contributed by atoms with Gasteiger partial charge in [0.1, 0.15) is 0 Å². The predicted octanol–water partition coefficient (Wildman–Crippen LogP) is 2.26. The fraction of sp³-hybridized carbons (Fsp3) is 0.667. The van der Waals surface area contributed by atoms with Crippen LogP contribution in [0.4, 0.5) is 0 Å². The largest absolute Gasteiger partial charge is 0.395 e. The summed E-state index contributed by atoms with van der Waals surface area (Å²) in [5.74, 6) is 0. The Kier molecular flexibility index (Phi) is 7.44. The minimum atomic E-state index is 0.177. The van der Waals surface area contributed by atoms with Crippen molar-refractivity contribution in [2.75, 3.05) is 6.61 Å². The van der Waals surface area contributed by atoms with Crippen LogP contribution in [0.2, 0.25) is 0 Å². The van der Waals surface area contributed by atoms with E-state index in [-0.39, 0.29) is 12.6 Å². The summed E-state index contributed by atoms with van der Waals surface area (Å²) in [6.07, 6.45) is 7.02. The Morgan fingerprint density at radius 1 is 1.43 bits per heavy atom. The molecule has 1 atom stereocenters. The first-order valence-corrected chi connectivity index (χ1v) is 5.25. The summed E-state index contributed by atoms with van der Waals surface area (Å²) < 4.78 is 0. The zero-order valence-corrected chi connectivity index (χ0v) is 9.75. The SMILES string of the molecule is C/C=C\C=C(/C)CC(CO)NC(C)C. The lowest BCUT2D eigenvalue weighted by Crippen LogP contribution is -2.37. The smallest absolute Gasteiger partial charge is 0.0587 e. The molecule has 0 aromatic carbocycles. The van der Waals surface area contributed by atoms with Crippen molar-refractivity contribution in [1.29, 1.82) is 0 Å². The molecule has 82 valence electrons. The first kappa shape index (κ1) is 13.4. The van der Waals surface area contributed by atoms with Gasteiger partial charge in [0.2, 0.25) is 0 Å². The van der Waals surface area contributed by atoms with Crippen molar-refractivity contribution < 1.29 is 5.11 Å². The van der Waals surface area contributed by atoms with Crippen molar-refractivity contribution in [1.82, 2.24) is 5.32 Å². The third kappa shape index (κ3) is 6.87. The fourth-order valence-electron chi connectivity index (χ4n) is 1.36. The fourth-order valence-corrected chi connectivity index (χ4v) is 1.36. The molecule has 0 saturated heterocycles. The topological polar surface area (TPSA) is 32.3 Å². The third-order valence-electron chi connectivity index (χ3n) is 1.93. The molecule has 0 aliphatic carbocycles. The van der Waals surface area contributed by atoms with E-state index in [0.29, 0.717) is 6.04 Å². The highest BCUT2D eigenvalue weighted by Crippen LogP contribution is 2.05. The van der Waals surface area contributed by atoms with E-state index in [1.54, 1.807) is 0 Å². The predicted molar refractivity (Wildman–Crippen MR) is 62.3 cm³/mol. The highest BCUT2D eigenvalue weighted by molar-refractivity contribution is 5.11. The number of hydrogen-bond donors (Lipinski definition) is 2. The molecule has 1 unspecified atom stereocenters. The summed E-state index contributed by atoms with van der Waals surface area (Å²) in [5.41, 5.74) is 1.29. The van der Waals surface area contributed by atoms with Crippen LogP contribution >= 0.6 is 0 Å². The Balaban J connectivity index is 4.03. The first-order valence-electron chi connectivity index (χ1n) is 5.25.